The van der Waals surface area contributed by atoms with Gasteiger partial charge in [-0.15, -0.1) is 0 Å². The fourth-order valence-electron chi connectivity index (χ4n) is 1.96. The van der Waals surface area contributed by atoms with Crippen LogP contribution in [0.3, 0.4) is 0 Å². The molecule has 0 atom stereocenters. The van der Waals surface area contributed by atoms with Gasteiger partial charge in [-0.05, 0) is 36.1 Å². The molecule has 0 bridgehead atoms. The normalized spacial score (nSPS) is 12.8. The fourth-order valence-corrected chi connectivity index (χ4v) is 3.56. The zero-order valence-corrected chi connectivity index (χ0v) is 13.3. The molecule has 5 heteroatoms. The molecule has 0 aliphatic rings. The number of nitrogens with zero attached hydrogens (tertiary/aromatic N) is 1. The van der Waals surface area contributed by atoms with Gasteiger partial charge >= 0.3 is 0 Å². The van der Waals surface area contributed by atoms with E-state index >= 15 is 0 Å². The third kappa shape index (κ3) is 3.94. The highest BCUT2D eigenvalue weighted by Gasteiger charge is 2.26. The Morgan fingerprint density at radius 1 is 1.26 bits per heavy atom. The third-order valence-electron chi connectivity index (χ3n) is 2.77. The van der Waals surface area contributed by atoms with Crippen molar-refractivity contribution in [3.8, 4) is 5.75 Å². The van der Waals surface area contributed by atoms with Crippen LogP contribution in [0.5, 0.6) is 5.75 Å². The number of hydrogen-bond donors (Lipinski definition) is 0. The number of rotatable bonds is 4. The van der Waals surface area contributed by atoms with Crippen LogP contribution >= 0.6 is 0 Å². The molecule has 4 nitrogen and oxygen atoms in total. The van der Waals surface area contributed by atoms with Crippen LogP contribution < -0.4 is 4.74 Å². The molecule has 0 fully saturated rings. The van der Waals surface area contributed by atoms with E-state index in [-0.39, 0.29) is 5.41 Å². The standard InChI is InChI=1S/C14H23NO3S/c1-11-9-12(18-6)7-8-13(11)19(16,17)15(5)10-14(2,3)4/h7-9H,10H2,1-6H3. The average Bonchev–Trinajstić information content (AvgIpc) is 2.26. The van der Waals surface area contributed by atoms with Gasteiger partial charge < -0.3 is 4.74 Å². The van der Waals surface area contributed by atoms with Crippen molar-refractivity contribution in [1.82, 2.24) is 4.31 Å². The van der Waals surface area contributed by atoms with Crippen LogP contribution in [0.25, 0.3) is 0 Å². The van der Waals surface area contributed by atoms with Gasteiger partial charge in [0.05, 0.1) is 12.0 Å². The van der Waals surface area contributed by atoms with E-state index in [0.29, 0.717) is 22.8 Å². The Morgan fingerprint density at radius 3 is 2.26 bits per heavy atom. The lowest BCUT2D eigenvalue weighted by molar-refractivity contribution is 0.310. The number of sulfonamides is 1. The molecule has 0 unspecified atom stereocenters. The molecule has 0 N–H and O–H groups in total. The van der Waals surface area contributed by atoms with E-state index in [1.165, 1.54) is 4.31 Å². The minimum absolute atomic E-state index is 0.0812. The van der Waals surface area contributed by atoms with Gasteiger partial charge in [-0.2, -0.15) is 0 Å². The molecule has 0 aliphatic heterocycles. The van der Waals surface area contributed by atoms with Gasteiger partial charge in [-0.3, -0.25) is 0 Å². The van der Waals surface area contributed by atoms with Gasteiger partial charge in [0.2, 0.25) is 10.0 Å². The van der Waals surface area contributed by atoms with Gasteiger partial charge in [0.1, 0.15) is 5.75 Å². The summed E-state index contributed by atoms with van der Waals surface area (Å²) in [4.78, 5) is 0.333. The minimum atomic E-state index is -3.45. The highest BCUT2D eigenvalue weighted by atomic mass is 32.2. The van der Waals surface area contributed by atoms with Gasteiger partial charge in [0, 0.05) is 13.6 Å². The van der Waals surface area contributed by atoms with Crippen LogP contribution in [0.15, 0.2) is 23.1 Å². The summed E-state index contributed by atoms with van der Waals surface area (Å²) in [5.74, 6) is 0.662. The van der Waals surface area contributed by atoms with Crippen molar-refractivity contribution in [3.05, 3.63) is 23.8 Å². The van der Waals surface area contributed by atoms with Crippen molar-refractivity contribution in [3.63, 3.8) is 0 Å². The summed E-state index contributed by atoms with van der Waals surface area (Å²) < 4.78 is 31.5. The highest BCUT2D eigenvalue weighted by Crippen LogP contribution is 2.25. The molecule has 0 aromatic heterocycles. The molecule has 0 spiro atoms. The van der Waals surface area contributed by atoms with Gasteiger partial charge in [0.15, 0.2) is 0 Å². The Morgan fingerprint density at radius 2 is 1.84 bits per heavy atom. The monoisotopic (exact) mass is 285 g/mol. The van der Waals surface area contributed by atoms with Crippen molar-refractivity contribution in [1.29, 1.82) is 0 Å². The van der Waals surface area contributed by atoms with Gasteiger partial charge in [-0.25, -0.2) is 12.7 Å². The largest absolute Gasteiger partial charge is 0.497 e. The van der Waals surface area contributed by atoms with E-state index in [4.69, 9.17) is 4.74 Å². The number of aryl methyl sites for hydroxylation is 1. The lowest BCUT2D eigenvalue weighted by Crippen LogP contribution is -2.34. The second kappa shape index (κ2) is 5.51. The second-order valence-electron chi connectivity index (χ2n) is 5.95. The molecular formula is C14H23NO3S. The molecule has 1 rings (SSSR count). The molecular weight excluding hydrogens is 262 g/mol. The van der Waals surface area contributed by atoms with Crippen molar-refractivity contribution >= 4 is 10.0 Å². The Balaban J connectivity index is 3.13. The summed E-state index contributed by atoms with van der Waals surface area (Å²) in [6, 6.07) is 5.01. The molecule has 1 aromatic rings. The topological polar surface area (TPSA) is 46.6 Å². The molecule has 108 valence electrons. The lowest BCUT2D eigenvalue weighted by atomic mass is 9.97. The van der Waals surface area contributed by atoms with E-state index in [1.807, 2.05) is 20.8 Å². The molecule has 1 aromatic carbocycles. The molecule has 0 saturated heterocycles. The summed E-state index contributed by atoms with van der Waals surface area (Å²) in [5.41, 5.74) is 0.613. The minimum Gasteiger partial charge on any atom is -0.497 e. The van der Waals surface area contributed by atoms with Crippen molar-refractivity contribution < 1.29 is 13.2 Å². The maximum absolute atomic E-state index is 12.5. The predicted molar refractivity (Wildman–Crippen MR) is 77.0 cm³/mol. The summed E-state index contributed by atoms with van der Waals surface area (Å²) in [5, 5.41) is 0. The van der Waals surface area contributed by atoms with Crippen molar-refractivity contribution in [2.75, 3.05) is 20.7 Å². The van der Waals surface area contributed by atoms with Crippen LogP contribution in [0.4, 0.5) is 0 Å². The van der Waals surface area contributed by atoms with E-state index < -0.39 is 10.0 Å². The maximum Gasteiger partial charge on any atom is 0.243 e. The zero-order chi connectivity index (χ0) is 14.8. The summed E-state index contributed by atoms with van der Waals surface area (Å²) in [7, 11) is -0.271. The quantitative estimate of drug-likeness (QED) is 0.854. The Bertz CT molecular complexity index is 544. The molecule has 0 heterocycles. The van der Waals surface area contributed by atoms with Crippen LogP contribution in [0.1, 0.15) is 26.3 Å². The first-order valence-corrected chi connectivity index (χ1v) is 7.63. The van der Waals surface area contributed by atoms with Crippen LogP contribution in [-0.4, -0.2) is 33.4 Å². The van der Waals surface area contributed by atoms with E-state index in [2.05, 4.69) is 0 Å². The van der Waals surface area contributed by atoms with E-state index in [9.17, 15) is 8.42 Å². The average molecular weight is 285 g/mol. The Hall–Kier alpha value is -1.07. The van der Waals surface area contributed by atoms with Crippen molar-refractivity contribution in [2.24, 2.45) is 5.41 Å². The van der Waals surface area contributed by atoms with E-state index in [1.54, 1.807) is 39.3 Å². The van der Waals surface area contributed by atoms with Gasteiger partial charge in [0.25, 0.3) is 0 Å². The van der Waals surface area contributed by atoms with Gasteiger partial charge in [-0.1, -0.05) is 20.8 Å². The second-order valence-corrected chi connectivity index (χ2v) is 7.97. The van der Waals surface area contributed by atoms with Crippen LogP contribution in [0.2, 0.25) is 0 Å². The SMILES string of the molecule is COc1ccc(S(=O)(=O)N(C)CC(C)(C)C)c(C)c1. The number of ether oxygens (including phenoxy) is 1. The fraction of sp³-hybridized carbons (Fsp3) is 0.571. The zero-order valence-electron chi connectivity index (χ0n) is 12.5. The Labute approximate surface area is 116 Å². The number of methoxy groups -OCH3 is 1. The molecule has 19 heavy (non-hydrogen) atoms. The highest BCUT2D eigenvalue weighted by molar-refractivity contribution is 7.89. The summed E-state index contributed by atoms with van der Waals surface area (Å²) >= 11 is 0. The predicted octanol–water partition coefficient (Wildman–Crippen LogP) is 2.67. The van der Waals surface area contributed by atoms with E-state index in [0.717, 1.165) is 0 Å². The maximum atomic E-state index is 12.5. The third-order valence-corrected chi connectivity index (χ3v) is 4.73. The first-order valence-electron chi connectivity index (χ1n) is 6.19. The smallest absolute Gasteiger partial charge is 0.243 e. The first-order chi connectivity index (χ1) is 8.58. The number of hydrogen-bond acceptors (Lipinski definition) is 3. The Kier molecular flexibility index (Phi) is 4.63. The lowest BCUT2D eigenvalue weighted by Gasteiger charge is -2.26. The summed E-state index contributed by atoms with van der Waals surface area (Å²) in [6.07, 6.45) is 0. The molecule has 0 saturated carbocycles. The molecule has 0 aliphatic carbocycles. The molecule has 0 amide bonds. The first kappa shape index (κ1) is 16.0. The summed E-state index contributed by atoms with van der Waals surface area (Å²) in [6.45, 7) is 8.29. The number of benzene rings is 1. The molecule has 0 radical (unpaired) electrons. The van der Waals surface area contributed by atoms with Crippen LogP contribution in [-0.2, 0) is 10.0 Å². The van der Waals surface area contributed by atoms with Crippen molar-refractivity contribution in [2.45, 2.75) is 32.6 Å². The van der Waals surface area contributed by atoms with Crippen LogP contribution in [0, 0.1) is 12.3 Å².